The van der Waals surface area contributed by atoms with Crippen molar-refractivity contribution < 1.29 is 14.2 Å². The van der Waals surface area contributed by atoms with Crippen molar-refractivity contribution in [3.8, 4) is 5.75 Å². The molecule has 2 aromatic rings. The van der Waals surface area contributed by atoms with Gasteiger partial charge in [-0.05, 0) is 63.1 Å². The van der Waals surface area contributed by atoms with Crippen LogP contribution in [-0.4, -0.2) is 58.4 Å². The summed E-state index contributed by atoms with van der Waals surface area (Å²) in [4.78, 5) is 13.6. The molecule has 2 aliphatic rings. The van der Waals surface area contributed by atoms with Gasteiger partial charge in [0.2, 0.25) is 17.8 Å². The van der Waals surface area contributed by atoms with Crippen molar-refractivity contribution >= 4 is 23.5 Å². The summed E-state index contributed by atoms with van der Waals surface area (Å²) < 4.78 is 19.2. The van der Waals surface area contributed by atoms with Crippen molar-refractivity contribution in [1.82, 2.24) is 20.3 Å². The molecule has 1 aromatic carbocycles. The first-order valence-corrected chi connectivity index (χ1v) is 11.8. The molecule has 1 saturated carbocycles. The minimum Gasteiger partial charge on any atom is -0.494 e. The molecular weight excluding hydrogens is 425 g/mol. The minimum absolute atomic E-state index is 0.175. The molecule has 0 bridgehead atoms. The number of anilines is 4. The second kappa shape index (κ2) is 10.9. The molecule has 1 saturated heterocycles. The highest BCUT2D eigenvalue weighted by atomic mass is 19.1. The Hall–Kier alpha value is -2.72. The number of aliphatic hydroxyl groups excluding tert-OH is 1. The molecule has 9 nitrogen and oxygen atoms in total. The van der Waals surface area contributed by atoms with E-state index in [0.717, 1.165) is 45.1 Å². The summed E-state index contributed by atoms with van der Waals surface area (Å²) in [5, 5.41) is 23.2. The zero-order valence-electron chi connectivity index (χ0n) is 19.3. The van der Waals surface area contributed by atoms with Gasteiger partial charge < -0.3 is 31.1 Å². The van der Waals surface area contributed by atoms with Gasteiger partial charge in [0, 0.05) is 30.4 Å². The lowest BCUT2D eigenvalue weighted by molar-refractivity contribution is 0.178. The molecule has 5 N–H and O–H groups in total. The molecule has 0 radical (unpaired) electrons. The van der Waals surface area contributed by atoms with Crippen molar-refractivity contribution in [3.05, 3.63) is 24.0 Å². The van der Waals surface area contributed by atoms with E-state index < -0.39 is 5.82 Å². The number of nitrogens with one attached hydrogen (secondary N) is 4. The van der Waals surface area contributed by atoms with Crippen molar-refractivity contribution in [2.24, 2.45) is 5.92 Å². The van der Waals surface area contributed by atoms with Crippen LogP contribution in [-0.2, 0) is 0 Å². The van der Waals surface area contributed by atoms with E-state index in [4.69, 9.17) is 4.74 Å². The van der Waals surface area contributed by atoms with Crippen LogP contribution in [0.1, 0.15) is 45.4 Å². The van der Waals surface area contributed by atoms with E-state index in [-0.39, 0.29) is 17.9 Å². The van der Waals surface area contributed by atoms with E-state index in [1.165, 1.54) is 13.2 Å². The van der Waals surface area contributed by atoms with Crippen molar-refractivity contribution in [3.63, 3.8) is 0 Å². The van der Waals surface area contributed by atoms with Crippen LogP contribution in [0.25, 0.3) is 0 Å². The molecule has 10 heteroatoms. The molecule has 180 valence electrons. The fourth-order valence-corrected chi connectivity index (χ4v) is 4.63. The molecule has 2 fully saturated rings. The van der Waals surface area contributed by atoms with Crippen molar-refractivity contribution in [1.29, 1.82) is 0 Å². The fourth-order valence-electron chi connectivity index (χ4n) is 4.63. The quantitative estimate of drug-likeness (QED) is 0.365. The monoisotopic (exact) mass is 459 g/mol. The van der Waals surface area contributed by atoms with Crippen LogP contribution in [0.4, 0.5) is 27.9 Å². The van der Waals surface area contributed by atoms with E-state index >= 15 is 0 Å². The summed E-state index contributed by atoms with van der Waals surface area (Å²) in [5.74, 6) is 1.32. The predicted molar refractivity (Wildman–Crippen MR) is 127 cm³/mol. The van der Waals surface area contributed by atoms with Crippen LogP contribution in [0.15, 0.2) is 18.2 Å². The maximum atomic E-state index is 14.2. The fraction of sp³-hybridized carbons (Fsp3) is 0.609. The zero-order chi connectivity index (χ0) is 23.2. The Morgan fingerprint density at radius 2 is 2.00 bits per heavy atom. The van der Waals surface area contributed by atoms with Crippen LogP contribution in [0.3, 0.4) is 0 Å². The second-order valence-corrected chi connectivity index (χ2v) is 8.86. The van der Waals surface area contributed by atoms with E-state index in [0.29, 0.717) is 42.0 Å². The maximum Gasteiger partial charge on any atom is 0.233 e. The molecule has 1 aliphatic heterocycles. The lowest BCUT2D eigenvalue weighted by Crippen LogP contribution is -2.40. The highest BCUT2D eigenvalue weighted by Gasteiger charge is 2.25. The first-order chi connectivity index (χ1) is 16.0. The second-order valence-electron chi connectivity index (χ2n) is 8.86. The molecule has 0 amide bonds. The zero-order valence-corrected chi connectivity index (χ0v) is 19.3. The molecule has 4 unspecified atom stereocenters. The van der Waals surface area contributed by atoms with E-state index in [1.807, 2.05) is 0 Å². The Labute approximate surface area is 194 Å². The summed E-state index contributed by atoms with van der Waals surface area (Å²) in [7, 11) is 1.43. The molecule has 0 spiro atoms. The highest BCUT2D eigenvalue weighted by molar-refractivity contribution is 5.57. The standard InChI is InChI=1S/C23H34FN7O2/c1-3-18(19-5-4-10-25-19)28-23-30-21(26-13-14-6-8-16(32)11-14)29-22(31-23)27-15-7-9-20(33-2)17(24)12-15/h7,9,12,14,16,18-19,25,32H,3-6,8,10-11,13H2,1-2H3,(H3,26,27,28,29,30,31). The summed E-state index contributed by atoms with van der Waals surface area (Å²) in [6, 6.07) is 5.18. The highest BCUT2D eigenvalue weighted by Crippen LogP contribution is 2.26. The van der Waals surface area contributed by atoms with Crippen LogP contribution < -0.4 is 26.0 Å². The number of benzene rings is 1. The summed E-state index contributed by atoms with van der Waals surface area (Å²) in [6.45, 7) is 3.84. The number of aliphatic hydroxyl groups is 1. The topological polar surface area (TPSA) is 116 Å². The van der Waals surface area contributed by atoms with Crippen molar-refractivity contribution in [2.75, 3.05) is 36.1 Å². The van der Waals surface area contributed by atoms with Crippen molar-refractivity contribution in [2.45, 2.75) is 63.6 Å². The largest absolute Gasteiger partial charge is 0.494 e. The molecule has 4 atom stereocenters. The van der Waals surface area contributed by atoms with Gasteiger partial charge in [-0.3, -0.25) is 0 Å². The lowest BCUT2D eigenvalue weighted by atomic mass is 10.0. The third-order valence-electron chi connectivity index (χ3n) is 6.44. The van der Waals surface area contributed by atoms with E-state index in [1.54, 1.807) is 12.1 Å². The Morgan fingerprint density at radius 1 is 1.18 bits per heavy atom. The molecule has 2 heterocycles. The predicted octanol–water partition coefficient (Wildman–Crippen LogP) is 3.28. The average molecular weight is 460 g/mol. The average Bonchev–Trinajstić information content (AvgIpc) is 3.48. The molecule has 4 rings (SSSR count). The number of methoxy groups -OCH3 is 1. The van der Waals surface area contributed by atoms with Gasteiger partial charge >= 0.3 is 0 Å². The Bertz CT molecular complexity index is 926. The van der Waals surface area contributed by atoms with Gasteiger partial charge in [-0.15, -0.1) is 0 Å². The SMILES string of the molecule is CCC(Nc1nc(NCC2CCC(O)C2)nc(Nc2ccc(OC)c(F)c2)n1)C1CCCN1. The first kappa shape index (κ1) is 23.4. The number of hydrogen-bond acceptors (Lipinski definition) is 9. The molecular formula is C23H34FN7O2. The summed E-state index contributed by atoms with van der Waals surface area (Å²) in [6.07, 6.45) is 5.57. The molecule has 1 aromatic heterocycles. The van der Waals surface area contributed by atoms with Gasteiger partial charge in [-0.2, -0.15) is 15.0 Å². The smallest absolute Gasteiger partial charge is 0.233 e. The summed E-state index contributed by atoms with van der Waals surface area (Å²) in [5.41, 5.74) is 0.514. The van der Waals surface area contributed by atoms with Gasteiger partial charge in [0.25, 0.3) is 0 Å². The number of rotatable bonds is 10. The van der Waals surface area contributed by atoms with Crippen LogP contribution in [0.2, 0.25) is 0 Å². The Morgan fingerprint density at radius 3 is 2.67 bits per heavy atom. The van der Waals surface area contributed by atoms with Gasteiger partial charge in [0.1, 0.15) is 0 Å². The van der Waals surface area contributed by atoms with Gasteiger partial charge in [-0.25, -0.2) is 4.39 Å². The van der Waals surface area contributed by atoms with Crippen LogP contribution in [0, 0.1) is 11.7 Å². The normalized spacial score (nSPS) is 23.3. The third kappa shape index (κ3) is 6.20. The Kier molecular flexibility index (Phi) is 7.77. The number of halogens is 1. The number of hydrogen-bond donors (Lipinski definition) is 5. The van der Waals surface area contributed by atoms with Gasteiger partial charge in [0.05, 0.1) is 13.2 Å². The summed E-state index contributed by atoms with van der Waals surface area (Å²) >= 11 is 0. The van der Waals surface area contributed by atoms with Crippen LogP contribution in [0.5, 0.6) is 5.75 Å². The number of nitrogens with zero attached hydrogens (tertiary/aromatic N) is 3. The van der Waals surface area contributed by atoms with Crippen LogP contribution >= 0.6 is 0 Å². The van der Waals surface area contributed by atoms with Gasteiger partial charge in [0.15, 0.2) is 11.6 Å². The Balaban J connectivity index is 1.53. The number of aromatic nitrogens is 3. The maximum absolute atomic E-state index is 14.2. The lowest BCUT2D eigenvalue weighted by Gasteiger charge is -2.24. The molecule has 1 aliphatic carbocycles. The van der Waals surface area contributed by atoms with E-state index in [2.05, 4.69) is 43.1 Å². The molecule has 33 heavy (non-hydrogen) atoms. The minimum atomic E-state index is -0.466. The van der Waals surface area contributed by atoms with E-state index in [9.17, 15) is 9.50 Å². The first-order valence-electron chi connectivity index (χ1n) is 11.8. The van der Waals surface area contributed by atoms with Gasteiger partial charge in [-0.1, -0.05) is 6.92 Å². The number of ether oxygens (including phenoxy) is 1. The third-order valence-corrected chi connectivity index (χ3v) is 6.44.